The molecule has 2 saturated heterocycles. The molecule has 1 spiro atoms. The summed E-state index contributed by atoms with van der Waals surface area (Å²) >= 11 is 1.64. The number of rotatable bonds is 0. The van der Waals surface area contributed by atoms with E-state index in [4.69, 9.17) is 0 Å². The minimum atomic E-state index is -2.48. The predicted molar refractivity (Wildman–Crippen MR) is 46.9 cm³/mol. The van der Waals surface area contributed by atoms with Crippen LogP contribution in [0.3, 0.4) is 0 Å². The Labute approximate surface area is 75.3 Å². The van der Waals surface area contributed by atoms with Gasteiger partial charge in [0, 0.05) is 12.2 Å². The van der Waals surface area contributed by atoms with Crippen molar-refractivity contribution < 1.29 is 8.78 Å². The maximum absolute atomic E-state index is 13.5. The van der Waals surface area contributed by atoms with Crippen LogP contribution in [0, 0.1) is 0 Å². The van der Waals surface area contributed by atoms with E-state index < -0.39 is 11.5 Å². The van der Waals surface area contributed by atoms with Crippen LogP contribution in [0.5, 0.6) is 0 Å². The largest absolute Gasteiger partial charge is 0.305 e. The molecule has 0 aromatic rings. The summed E-state index contributed by atoms with van der Waals surface area (Å²) in [7, 11) is 0. The quantitative estimate of drug-likeness (QED) is 0.630. The summed E-state index contributed by atoms with van der Waals surface area (Å²) in [5.41, 5.74) is -0.851. The lowest BCUT2D eigenvalue weighted by atomic mass is 9.84. The van der Waals surface area contributed by atoms with Crippen molar-refractivity contribution in [3.8, 4) is 0 Å². The van der Waals surface area contributed by atoms with Crippen LogP contribution < -0.4 is 5.32 Å². The molecule has 2 aliphatic rings. The van der Waals surface area contributed by atoms with E-state index in [1.807, 2.05) is 0 Å². The van der Waals surface area contributed by atoms with Gasteiger partial charge in [0.2, 0.25) is 0 Å². The Hall–Kier alpha value is 0.170. The molecule has 2 heterocycles. The van der Waals surface area contributed by atoms with Crippen molar-refractivity contribution in [3.63, 3.8) is 0 Å². The summed E-state index contributed by atoms with van der Waals surface area (Å²) < 4.78 is 27.0. The molecule has 2 rings (SSSR count). The van der Waals surface area contributed by atoms with Gasteiger partial charge in [-0.2, -0.15) is 11.8 Å². The topological polar surface area (TPSA) is 12.0 Å². The zero-order valence-corrected chi connectivity index (χ0v) is 7.72. The lowest BCUT2D eigenvalue weighted by Gasteiger charge is -2.41. The highest BCUT2D eigenvalue weighted by Gasteiger charge is 2.55. The van der Waals surface area contributed by atoms with Crippen LogP contribution in [0.2, 0.25) is 0 Å². The third kappa shape index (κ3) is 1.16. The molecule has 12 heavy (non-hydrogen) atoms. The van der Waals surface area contributed by atoms with Gasteiger partial charge in [0.05, 0.1) is 5.54 Å². The average molecular weight is 193 g/mol. The Bertz CT molecular complexity index is 178. The van der Waals surface area contributed by atoms with E-state index >= 15 is 0 Å². The number of thioether (sulfide) groups is 1. The van der Waals surface area contributed by atoms with E-state index in [0.717, 1.165) is 12.3 Å². The van der Waals surface area contributed by atoms with E-state index in [1.54, 1.807) is 11.8 Å². The first kappa shape index (κ1) is 8.75. The molecule has 0 bridgehead atoms. The van der Waals surface area contributed by atoms with Gasteiger partial charge in [-0.3, -0.25) is 0 Å². The van der Waals surface area contributed by atoms with Gasteiger partial charge in [0.25, 0.3) is 5.92 Å². The summed E-state index contributed by atoms with van der Waals surface area (Å²) in [6, 6.07) is 0. The number of alkyl halides is 2. The third-order valence-electron chi connectivity index (χ3n) is 2.85. The second kappa shape index (κ2) is 2.84. The molecule has 0 radical (unpaired) electrons. The summed E-state index contributed by atoms with van der Waals surface area (Å²) in [4.78, 5) is 0. The molecule has 2 fully saturated rings. The van der Waals surface area contributed by atoms with E-state index in [0.29, 0.717) is 18.6 Å². The van der Waals surface area contributed by atoms with Crippen molar-refractivity contribution >= 4 is 11.8 Å². The Morgan fingerprint density at radius 3 is 2.67 bits per heavy atom. The molecule has 1 nitrogen and oxygen atoms in total. The van der Waals surface area contributed by atoms with Crippen molar-refractivity contribution in [2.75, 3.05) is 18.1 Å². The molecule has 0 saturated carbocycles. The molecule has 0 aromatic heterocycles. The molecule has 4 heteroatoms. The molecular weight excluding hydrogens is 180 g/mol. The fraction of sp³-hybridized carbons (Fsp3) is 1.00. The number of piperidine rings is 1. The maximum Gasteiger partial charge on any atom is 0.266 e. The van der Waals surface area contributed by atoms with E-state index in [2.05, 4.69) is 5.32 Å². The van der Waals surface area contributed by atoms with Gasteiger partial charge in [-0.05, 0) is 25.1 Å². The second-order valence-corrected chi connectivity index (χ2v) is 4.72. The van der Waals surface area contributed by atoms with Crippen molar-refractivity contribution in [3.05, 3.63) is 0 Å². The SMILES string of the molecule is FC1(F)CCCNC12CCSC2. The third-order valence-corrected chi connectivity index (χ3v) is 4.04. The van der Waals surface area contributed by atoms with E-state index in [1.165, 1.54) is 0 Å². The van der Waals surface area contributed by atoms with Crippen LogP contribution in [0.25, 0.3) is 0 Å². The number of hydrogen-bond donors (Lipinski definition) is 1. The van der Waals surface area contributed by atoms with Crippen molar-refractivity contribution in [1.82, 2.24) is 5.32 Å². The van der Waals surface area contributed by atoms with Crippen LogP contribution in [0.4, 0.5) is 8.78 Å². The van der Waals surface area contributed by atoms with Crippen LogP contribution in [-0.4, -0.2) is 29.5 Å². The number of hydrogen-bond acceptors (Lipinski definition) is 2. The zero-order valence-electron chi connectivity index (χ0n) is 6.91. The monoisotopic (exact) mass is 193 g/mol. The molecular formula is C8H13F2NS. The van der Waals surface area contributed by atoms with Gasteiger partial charge in [-0.1, -0.05) is 0 Å². The van der Waals surface area contributed by atoms with Crippen molar-refractivity contribution in [2.45, 2.75) is 30.7 Å². The second-order valence-electron chi connectivity index (χ2n) is 3.62. The van der Waals surface area contributed by atoms with Crippen LogP contribution in [0.15, 0.2) is 0 Å². The van der Waals surface area contributed by atoms with E-state index in [9.17, 15) is 8.78 Å². The van der Waals surface area contributed by atoms with Gasteiger partial charge < -0.3 is 5.32 Å². The fourth-order valence-electron chi connectivity index (χ4n) is 2.00. The van der Waals surface area contributed by atoms with Gasteiger partial charge in [-0.25, -0.2) is 8.78 Å². The highest BCUT2D eigenvalue weighted by atomic mass is 32.2. The van der Waals surface area contributed by atoms with Crippen molar-refractivity contribution in [2.24, 2.45) is 0 Å². The Morgan fingerprint density at radius 1 is 1.25 bits per heavy atom. The fourth-order valence-corrected chi connectivity index (χ4v) is 3.44. The van der Waals surface area contributed by atoms with Crippen LogP contribution >= 0.6 is 11.8 Å². The van der Waals surface area contributed by atoms with Gasteiger partial charge in [-0.15, -0.1) is 0 Å². The summed E-state index contributed by atoms with van der Waals surface area (Å²) in [5, 5.41) is 3.01. The molecule has 1 N–H and O–H groups in total. The maximum atomic E-state index is 13.5. The minimum Gasteiger partial charge on any atom is -0.305 e. The molecule has 0 aromatic carbocycles. The van der Waals surface area contributed by atoms with Crippen LogP contribution in [-0.2, 0) is 0 Å². The van der Waals surface area contributed by atoms with Crippen molar-refractivity contribution in [1.29, 1.82) is 0 Å². The zero-order chi connectivity index (χ0) is 8.66. The Balaban J connectivity index is 2.19. The molecule has 1 unspecified atom stereocenters. The molecule has 0 aliphatic carbocycles. The smallest absolute Gasteiger partial charge is 0.266 e. The first-order chi connectivity index (χ1) is 5.66. The molecule has 70 valence electrons. The Kier molecular flexibility index (Phi) is 2.07. The number of halogens is 2. The highest BCUT2D eigenvalue weighted by molar-refractivity contribution is 7.99. The Morgan fingerprint density at radius 2 is 2.08 bits per heavy atom. The van der Waals surface area contributed by atoms with Gasteiger partial charge in [0.15, 0.2) is 0 Å². The summed E-state index contributed by atoms with van der Waals surface area (Å²) in [5.74, 6) is -1.02. The van der Waals surface area contributed by atoms with Gasteiger partial charge >= 0.3 is 0 Å². The normalized spacial score (nSPS) is 40.5. The highest BCUT2D eigenvalue weighted by Crippen LogP contribution is 2.44. The lowest BCUT2D eigenvalue weighted by Crippen LogP contribution is -2.62. The first-order valence-electron chi connectivity index (χ1n) is 4.37. The van der Waals surface area contributed by atoms with Gasteiger partial charge in [0.1, 0.15) is 0 Å². The van der Waals surface area contributed by atoms with Crippen LogP contribution in [0.1, 0.15) is 19.3 Å². The molecule has 2 aliphatic heterocycles. The average Bonchev–Trinajstić information content (AvgIpc) is 2.46. The first-order valence-corrected chi connectivity index (χ1v) is 5.52. The lowest BCUT2D eigenvalue weighted by molar-refractivity contribution is -0.102. The standard InChI is InChI=1S/C8H13F2NS/c9-8(10)2-1-4-11-7(8)3-5-12-6-7/h11H,1-6H2. The predicted octanol–water partition coefficient (Wildman–Crippen LogP) is 1.88. The molecule has 1 atom stereocenters. The number of nitrogens with one attached hydrogen (secondary N) is 1. The van der Waals surface area contributed by atoms with E-state index in [-0.39, 0.29) is 6.42 Å². The summed E-state index contributed by atoms with van der Waals surface area (Å²) in [6.45, 7) is 0.760. The minimum absolute atomic E-state index is 0.0700. The molecule has 0 amide bonds. The summed E-state index contributed by atoms with van der Waals surface area (Å²) in [6.07, 6.45) is 1.31.